The lowest BCUT2D eigenvalue weighted by Crippen LogP contribution is -2.23. The van der Waals surface area contributed by atoms with Crippen LogP contribution in [0.2, 0.25) is 0 Å². The predicted octanol–water partition coefficient (Wildman–Crippen LogP) is 3.97. The summed E-state index contributed by atoms with van der Waals surface area (Å²) in [5, 5.41) is 2.78. The van der Waals surface area contributed by atoms with Crippen LogP contribution in [0.5, 0.6) is 0 Å². The Balaban J connectivity index is 1.19. The summed E-state index contributed by atoms with van der Waals surface area (Å²) in [6.07, 6.45) is 7.21. The van der Waals surface area contributed by atoms with Crippen LogP contribution in [-0.4, -0.2) is 25.8 Å². The molecule has 0 aliphatic heterocycles. The van der Waals surface area contributed by atoms with Gasteiger partial charge in [-0.15, -0.1) is 0 Å². The minimum atomic E-state index is -0.307. The zero-order valence-corrected chi connectivity index (χ0v) is 16.4. The molecule has 0 aliphatic carbocycles. The van der Waals surface area contributed by atoms with Crippen LogP contribution in [0.3, 0.4) is 0 Å². The molecule has 4 rings (SSSR count). The van der Waals surface area contributed by atoms with Gasteiger partial charge in [0, 0.05) is 19.0 Å². The SMILES string of the molecule is O=C(NCc1ccccn1)c1coc(CCCCCc2nc3c(F)cccc3[nH]2)n1. The highest BCUT2D eigenvalue weighted by Crippen LogP contribution is 2.16. The van der Waals surface area contributed by atoms with E-state index in [-0.39, 0.29) is 17.4 Å². The average molecular weight is 407 g/mol. The molecular weight excluding hydrogens is 385 g/mol. The standard InChI is InChI=1S/C22H22FN5O2/c23-16-8-6-9-17-21(16)28-19(26-17)10-2-1-3-11-20-27-18(14-30-20)22(29)25-13-15-7-4-5-12-24-15/h4-9,12,14H,1-3,10-11,13H2,(H,25,29)(H,26,28). The summed E-state index contributed by atoms with van der Waals surface area (Å²) >= 11 is 0. The number of fused-ring (bicyclic) bond motifs is 1. The highest BCUT2D eigenvalue weighted by molar-refractivity contribution is 5.91. The van der Waals surface area contributed by atoms with Crippen molar-refractivity contribution in [1.29, 1.82) is 0 Å². The molecule has 0 bridgehead atoms. The third kappa shape index (κ3) is 4.89. The molecule has 3 heterocycles. The molecule has 30 heavy (non-hydrogen) atoms. The van der Waals surface area contributed by atoms with Gasteiger partial charge in [0.1, 0.15) is 17.6 Å². The summed E-state index contributed by atoms with van der Waals surface area (Å²) in [4.78, 5) is 28.1. The van der Waals surface area contributed by atoms with Crippen molar-refractivity contribution in [2.24, 2.45) is 0 Å². The van der Waals surface area contributed by atoms with E-state index in [0.717, 1.165) is 42.7 Å². The number of unbranched alkanes of at least 4 members (excludes halogenated alkanes) is 2. The molecule has 8 heteroatoms. The molecule has 4 aromatic rings. The van der Waals surface area contributed by atoms with Gasteiger partial charge < -0.3 is 14.7 Å². The topological polar surface area (TPSA) is 96.7 Å². The number of carbonyl (C=O) groups excluding carboxylic acids is 1. The summed E-state index contributed by atoms with van der Waals surface area (Å²) in [5.41, 5.74) is 2.16. The zero-order chi connectivity index (χ0) is 20.8. The van der Waals surface area contributed by atoms with Crippen LogP contribution in [0, 0.1) is 5.82 Å². The van der Waals surface area contributed by atoms with E-state index in [2.05, 4.69) is 25.3 Å². The van der Waals surface area contributed by atoms with Crippen molar-refractivity contribution in [1.82, 2.24) is 25.3 Å². The maximum atomic E-state index is 13.7. The van der Waals surface area contributed by atoms with Crippen LogP contribution < -0.4 is 5.32 Å². The summed E-state index contributed by atoms with van der Waals surface area (Å²) in [6, 6.07) is 10.4. The first-order chi connectivity index (χ1) is 14.7. The average Bonchev–Trinajstić information content (AvgIpc) is 3.40. The smallest absolute Gasteiger partial charge is 0.273 e. The van der Waals surface area contributed by atoms with Gasteiger partial charge in [-0.3, -0.25) is 9.78 Å². The van der Waals surface area contributed by atoms with Gasteiger partial charge in [0.2, 0.25) is 0 Å². The van der Waals surface area contributed by atoms with E-state index in [0.29, 0.717) is 24.4 Å². The summed E-state index contributed by atoms with van der Waals surface area (Å²) < 4.78 is 19.1. The minimum Gasteiger partial charge on any atom is -0.448 e. The number of aromatic amines is 1. The number of carbonyl (C=O) groups is 1. The maximum Gasteiger partial charge on any atom is 0.273 e. The molecule has 7 nitrogen and oxygen atoms in total. The fourth-order valence-corrected chi connectivity index (χ4v) is 3.21. The highest BCUT2D eigenvalue weighted by Gasteiger charge is 2.12. The van der Waals surface area contributed by atoms with E-state index >= 15 is 0 Å². The third-order valence-corrected chi connectivity index (χ3v) is 4.76. The first-order valence-corrected chi connectivity index (χ1v) is 9.94. The van der Waals surface area contributed by atoms with Crippen LogP contribution in [0.1, 0.15) is 47.2 Å². The number of nitrogens with zero attached hydrogens (tertiary/aromatic N) is 3. The number of hydrogen-bond acceptors (Lipinski definition) is 5. The Morgan fingerprint density at radius 3 is 2.80 bits per heavy atom. The predicted molar refractivity (Wildman–Crippen MR) is 109 cm³/mol. The number of amides is 1. The van der Waals surface area contributed by atoms with E-state index in [1.165, 1.54) is 12.3 Å². The summed E-state index contributed by atoms with van der Waals surface area (Å²) in [6.45, 7) is 0.341. The van der Waals surface area contributed by atoms with Crippen LogP contribution in [0.4, 0.5) is 4.39 Å². The molecule has 0 aliphatic rings. The number of pyridine rings is 1. The highest BCUT2D eigenvalue weighted by atomic mass is 19.1. The van der Waals surface area contributed by atoms with E-state index in [9.17, 15) is 9.18 Å². The number of aryl methyl sites for hydroxylation is 2. The molecule has 3 aromatic heterocycles. The molecule has 1 aromatic carbocycles. The van der Waals surface area contributed by atoms with E-state index in [1.807, 2.05) is 24.3 Å². The van der Waals surface area contributed by atoms with Crippen molar-refractivity contribution >= 4 is 16.9 Å². The number of imidazole rings is 1. The van der Waals surface area contributed by atoms with E-state index in [1.54, 1.807) is 12.3 Å². The molecule has 2 N–H and O–H groups in total. The normalized spacial score (nSPS) is 11.1. The molecule has 0 saturated carbocycles. The Hall–Kier alpha value is -3.55. The number of H-pyrrole nitrogens is 1. The van der Waals surface area contributed by atoms with Crippen LogP contribution in [0.25, 0.3) is 11.0 Å². The summed E-state index contributed by atoms with van der Waals surface area (Å²) in [5.74, 6) is 0.744. The van der Waals surface area contributed by atoms with Gasteiger partial charge in [-0.05, 0) is 37.1 Å². The Bertz CT molecular complexity index is 1120. The molecule has 0 spiro atoms. The van der Waals surface area contributed by atoms with Gasteiger partial charge in [-0.2, -0.15) is 0 Å². The molecule has 0 atom stereocenters. The monoisotopic (exact) mass is 407 g/mol. The zero-order valence-electron chi connectivity index (χ0n) is 16.4. The second-order valence-electron chi connectivity index (χ2n) is 7.01. The van der Waals surface area contributed by atoms with Crippen molar-refractivity contribution in [3.63, 3.8) is 0 Å². The van der Waals surface area contributed by atoms with Crippen molar-refractivity contribution in [3.05, 3.63) is 77.8 Å². The van der Waals surface area contributed by atoms with Crippen LogP contribution in [-0.2, 0) is 19.4 Å². The summed E-state index contributed by atoms with van der Waals surface area (Å²) in [7, 11) is 0. The van der Waals surface area contributed by atoms with Gasteiger partial charge >= 0.3 is 0 Å². The first kappa shape index (κ1) is 19.8. The van der Waals surface area contributed by atoms with Gasteiger partial charge in [-0.25, -0.2) is 14.4 Å². The lowest BCUT2D eigenvalue weighted by Gasteiger charge is -2.01. The number of oxazole rings is 1. The Morgan fingerprint density at radius 2 is 1.97 bits per heavy atom. The second kappa shape index (κ2) is 9.30. The number of halogens is 1. The molecular formula is C22H22FN5O2. The number of benzene rings is 1. The van der Waals surface area contributed by atoms with Crippen molar-refractivity contribution in [3.8, 4) is 0 Å². The Labute approximate surface area is 172 Å². The lowest BCUT2D eigenvalue weighted by molar-refractivity contribution is 0.0945. The second-order valence-corrected chi connectivity index (χ2v) is 7.01. The van der Waals surface area contributed by atoms with Gasteiger partial charge in [0.15, 0.2) is 17.4 Å². The number of rotatable bonds is 9. The largest absolute Gasteiger partial charge is 0.448 e. The van der Waals surface area contributed by atoms with Gasteiger partial charge in [0.05, 0.1) is 17.8 Å². The fourth-order valence-electron chi connectivity index (χ4n) is 3.21. The first-order valence-electron chi connectivity index (χ1n) is 9.94. The van der Waals surface area contributed by atoms with Crippen molar-refractivity contribution in [2.75, 3.05) is 0 Å². The Morgan fingerprint density at radius 1 is 1.07 bits per heavy atom. The van der Waals surface area contributed by atoms with Gasteiger partial charge in [-0.1, -0.05) is 18.6 Å². The number of nitrogens with one attached hydrogen (secondary N) is 2. The lowest BCUT2D eigenvalue weighted by atomic mass is 10.1. The van der Waals surface area contributed by atoms with Gasteiger partial charge in [0.25, 0.3) is 5.91 Å². The number of para-hydroxylation sites is 1. The molecule has 0 saturated heterocycles. The van der Waals surface area contributed by atoms with Crippen LogP contribution >= 0.6 is 0 Å². The maximum absolute atomic E-state index is 13.7. The van der Waals surface area contributed by atoms with Crippen molar-refractivity contribution in [2.45, 2.75) is 38.6 Å². The quantitative estimate of drug-likeness (QED) is 0.409. The van der Waals surface area contributed by atoms with Crippen LogP contribution in [0.15, 0.2) is 53.3 Å². The Kier molecular flexibility index (Phi) is 6.12. The number of hydrogen-bond donors (Lipinski definition) is 2. The minimum absolute atomic E-state index is 0.269. The molecule has 0 fully saturated rings. The molecule has 1 amide bonds. The molecule has 0 unspecified atom stereocenters. The third-order valence-electron chi connectivity index (χ3n) is 4.76. The van der Waals surface area contributed by atoms with Crippen molar-refractivity contribution < 1.29 is 13.6 Å². The molecule has 0 radical (unpaired) electrons. The fraction of sp³-hybridized carbons (Fsp3) is 0.273. The molecule has 154 valence electrons. The van der Waals surface area contributed by atoms with E-state index in [4.69, 9.17) is 4.42 Å². The number of aromatic nitrogens is 4. The van der Waals surface area contributed by atoms with E-state index < -0.39 is 0 Å².